The molecule has 1 aromatic rings. The van der Waals surface area contributed by atoms with E-state index >= 15 is 0 Å². The van der Waals surface area contributed by atoms with Gasteiger partial charge < -0.3 is 16.8 Å². The highest BCUT2D eigenvalue weighted by Gasteiger charge is 2.19. The van der Waals surface area contributed by atoms with Crippen LogP contribution < -0.4 is 16.8 Å². The van der Waals surface area contributed by atoms with Crippen molar-refractivity contribution >= 4 is 29.9 Å². The number of nitrogens with two attached hydrogens (primary N) is 2. The molecular formula is C13H20ClN3O2. The summed E-state index contributed by atoms with van der Waals surface area (Å²) >= 11 is 0. The molecule has 0 saturated heterocycles. The minimum Gasteiger partial charge on any atom is -0.366 e. The third-order valence-electron chi connectivity index (χ3n) is 2.97. The van der Waals surface area contributed by atoms with E-state index in [1.807, 2.05) is 13.8 Å². The van der Waals surface area contributed by atoms with Crippen molar-refractivity contribution in [2.24, 2.45) is 17.4 Å². The Morgan fingerprint density at radius 1 is 1.37 bits per heavy atom. The van der Waals surface area contributed by atoms with Crippen LogP contribution in [-0.4, -0.2) is 17.9 Å². The summed E-state index contributed by atoms with van der Waals surface area (Å²) < 4.78 is 0. The maximum Gasteiger partial charge on any atom is 0.248 e. The molecule has 0 heterocycles. The zero-order chi connectivity index (χ0) is 13.7. The highest BCUT2D eigenvalue weighted by molar-refractivity contribution is 5.97. The quantitative estimate of drug-likeness (QED) is 0.765. The van der Waals surface area contributed by atoms with Crippen LogP contribution >= 0.6 is 12.4 Å². The van der Waals surface area contributed by atoms with Crippen molar-refractivity contribution in [1.29, 1.82) is 0 Å². The van der Waals surface area contributed by atoms with Crippen LogP contribution in [0.2, 0.25) is 0 Å². The fraction of sp³-hybridized carbons (Fsp3) is 0.385. The van der Waals surface area contributed by atoms with Gasteiger partial charge in [-0.05, 0) is 24.1 Å². The summed E-state index contributed by atoms with van der Waals surface area (Å²) in [6.07, 6.45) is 0.829. The second-order valence-electron chi connectivity index (χ2n) is 4.35. The Hall–Kier alpha value is -1.59. The van der Waals surface area contributed by atoms with Crippen LogP contribution in [0.3, 0.4) is 0 Å². The second-order valence-corrected chi connectivity index (χ2v) is 4.35. The van der Waals surface area contributed by atoms with Crippen LogP contribution in [-0.2, 0) is 4.79 Å². The lowest BCUT2D eigenvalue weighted by molar-refractivity contribution is -0.118. The number of carbonyl (C=O) groups excluding carboxylic acids is 2. The molecule has 2 amide bonds. The molecule has 2 unspecified atom stereocenters. The summed E-state index contributed by atoms with van der Waals surface area (Å²) in [5, 5.41) is 2.68. The lowest BCUT2D eigenvalue weighted by Gasteiger charge is -2.17. The van der Waals surface area contributed by atoms with Gasteiger partial charge in [0.1, 0.15) is 0 Å². The Morgan fingerprint density at radius 2 is 2.00 bits per heavy atom. The van der Waals surface area contributed by atoms with Crippen molar-refractivity contribution < 1.29 is 9.59 Å². The van der Waals surface area contributed by atoms with E-state index < -0.39 is 11.9 Å². The van der Waals surface area contributed by atoms with Gasteiger partial charge in [0, 0.05) is 11.3 Å². The summed E-state index contributed by atoms with van der Waals surface area (Å²) in [7, 11) is 0. The molecule has 6 heteroatoms. The van der Waals surface area contributed by atoms with Crippen molar-refractivity contribution in [3.05, 3.63) is 29.8 Å². The summed E-state index contributed by atoms with van der Waals surface area (Å²) in [5.74, 6) is -0.687. The van der Waals surface area contributed by atoms with E-state index in [-0.39, 0.29) is 24.2 Å². The van der Waals surface area contributed by atoms with E-state index in [1.165, 1.54) is 6.07 Å². The van der Waals surface area contributed by atoms with Gasteiger partial charge in [-0.2, -0.15) is 0 Å². The van der Waals surface area contributed by atoms with E-state index in [0.717, 1.165) is 6.42 Å². The molecule has 0 aliphatic rings. The maximum absolute atomic E-state index is 11.8. The van der Waals surface area contributed by atoms with Crippen LogP contribution in [0.1, 0.15) is 30.6 Å². The van der Waals surface area contributed by atoms with Gasteiger partial charge in [0.25, 0.3) is 0 Å². The molecule has 0 aromatic heterocycles. The number of halogens is 1. The Labute approximate surface area is 119 Å². The topological polar surface area (TPSA) is 98.2 Å². The van der Waals surface area contributed by atoms with Gasteiger partial charge >= 0.3 is 0 Å². The molecule has 0 aliphatic carbocycles. The van der Waals surface area contributed by atoms with Gasteiger partial charge in [-0.1, -0.05) is 26.3 Å². The Kier molecular flexibility index (Phi) is 7.11. The fourth-order valence-corrected chi connectivity index (χ4v) is 1.49. The molecule has 2 atom stereocenters. The van der Waals surface area contributed by atoms with Gasteiger partial charge in [-0.25, -0.2) is 0 Å². The molecule has 1 aromatic carbocycles. The molecule has 0 aliphatic heterocycles. The Bertz CT molecular complexity index is 451. The number of amides is 2. The summed E-state index contributed by atoms with van der Waals surface area (Å²) in [5.41, 5.74) is 11.9. The first-order valence-corrected chi connectivity index (χ1v) is 5.92. The smallest absolute Gasteiger partial charge is 0.248 e. The number of rotatable bonds is 5. The minimum atomic E-state index is -0.563. The molecule has 106 valence electrons. The van der Waals surface area contributed by atoms with E-state index in [0.29, 0.717) is 11.3 Å². The van der Waals surface area contributed by atoms with Gasteiger partial charge in [0.2, 0.25) is 11.8 Å². The van der Waals surface area contributed by atoms with Gasteiger partial charge in [0.05, 0.1) is 6.04 Å². The molecule has 19 heavy (non-hydrogen) atoms. The SMILES string of the molecule is CCC(C)C(N)C(=O)Nc1cccc(C(N)=O)c1.Cl. The summed E-state index contributed by atoms with van der Waals surface area (Å²) in [6, 6.07) is 5.90. The number of anilines is 1. The first-order chi connectivity index (χ1) is 8.45. The minimum absolute atomic E-state index is 0. The van der Waals surface area contributed by atoms with Crippen molar-refractivity contribution in [3.63, 3.8) is 0 Å². The molecule has 5 N–H and O–H groups in total. The van der Waals surface area contributed by atoms with Crippen molar-refractivity contribution in [2.75, 3.05) is 5.32 Å². The predicted molar refractivity (Wildman–Crippen MR) is 78.3 cm³/mol. The van der Waals surface area contributed by atoms with Gasteiger partial charge in [-0.3, -0.25) is 9.59 Å². The number of benzene rings is 1. The number of nitrogens with one attached hydrogen (secondary N) is 1. The van der Waals surface area contributed by atoms with E-state index in [2.05, 4.69) is 5.32 Å². The van der Waals surface area contributed by atoms with Crippen LogP contribution in [0.25, 0.3) is 0 Å². The number of hydrogen-bond donors (Lipinski definition) is 3. The average molecular weight is 286 g/mol. The highest BCUT2D eigenvalue weighted by Crippen LogP contribution is 2.12. The highest BCUT2D eigenvalue weighted by atomic mass is 35.5. The van der Waals surface area contributed by atoms with Gasteiger partial charge in [0.15, 0.2) is 0 Å². The molecule has 0 fully saturated rings. The number of primary amides is 1. The van der Waals surface area contributed by atoms with Crippen molar-refractivity contribution in [2.45, 2.75) is 26.3 Å². The summed E-state index contributed by atoms with van der Waals surface area (Å²) in [6.45, 7) is 3.90. The Balaban J connectivity index is 0.00000324. The zero-order valence-corrected chi connectivity index (χ0v) is 11.9. The van der Waals surface area contributed by atoms with E-state index in [9.17, 15) is 9.59 Å². The molecule has 1 rings (SSSR count). The van der Waals surface area contributed by atoms with Crippen LogP contribution in [0, 0.1) is 5.92 Å². The fourth-order valence-electron chi connectivity index (χ4n) is 1.49. The first-order valence-electron chi connectivity index (χ1n) is 5.92. The Morgan fingerprint density at radius 3 is 2.53 bits per heavy atom. The lowest BCUT2D eigenvalue weighted by atomic mass is 9.99. The monoisotopic (exact) mass is 285 g/mol. The molecule has 0 radical (unpaired) electrons. The third-order valence-corrected chi connectivity index (χ3v) is 2.97. The maximum atomic E-state index is 11.8. The second kappa shape index (κ2) is 7.76. The largest absolute Gasteiger partial charge is 0.366 e. The van der Waals surface area contributed by atoms with Crippen LogP contribution in [0.15, 0.2) is 24.3 Å². The molecule has 0 spiro atoms. The molecule has 0 bridgehead atoms. The van der Waals surface area contributed by atoms with Crippen molar-refractivity contribution in [3.8, 4) is 0 Å². The normalized spacial score (nSPS) is 13.0. The summed E-state index contributed by atoms with van der Waals surface area (Å²) in [4.78, 5) is 22.9. The number of hydrogen-bond acceptors (Lipinski definition) is 3. The van der Waals surface area contributed by atoms with E-state index in [1.54, 1.807) is 18.2 Å². The first kappa shape index (κ1) is 17.4. The van der Waals surface area contributed by atoms with E-state index in [4.69, 9.17) is 11.5 Å². The average Bonchev–Trinajstić information content (AvgIpc) is 2.37. The van der Waals surface area contributed by atoms with Gasteiger partial charge in [-0.15, -0.1) is 12.4 Å². The zero-order valence-electron chi connectivity index (χ0n) is 11.1. The third kappa shape index (κ3) is 4.89. The lowest BCUT2D eigenvalue weighted by Crippen LogP contribution is -2.40. The standard InChI is InChI=1S/C13H19N3O2.ClH/c1-3-8(2)11(14)13(18)16-10-6-4-5-9(7-10)12(15)17;/h4-8,11H,3,14H2,1-2H3,(H2,15,17)(H,16,18);1H. The predicted octanol–water partition coefficient (Wildman–Crippen LogP) is 1.52. The number of carbonyl (C=O) groups is 2. The van der Waals surface area contributed by atoms with Crippen LogP contribution in [0.4, 0.5) is 5.69 Å². The molecule has 0 saturated carbocycles. The molecule has 5 nitrogen and oxygen atoms in total. The van der Waals surface area contributed by atoms with Crippen molar-refractivity contribution in [1.82, 2.24) is 0 Å². The van der Waals surface area contributed by atoms with Crippen LogP contribution in [0.5, 0.6) is 0 Å². The molecular weight excluding hydrogens is 266 g/mol.